The molecule has 1 N–H and O–H groups in total. The third-order valence-electron chi connectivity index (χ3n) is 5.93. The molecular weight excluding hydrogens is 412 g/mol. The second-order valence-corrected chi connectivity index (χ2v) is 8.75. The summed E-state index contributed by atoms with van der Waals surface area (Å²) in [5.41, 5.74) is 1.28. The number of carbonyl (C=O) groups excluding carboxylic acids is 2. The van der Waals surface area contributed by atoms with Crippen LogP contribution in [-0.2, 0) is 28.4 Å². The molecular formula is C23H32N4O5. The predicted octanol–water partition coefficient (Wildman–Crippen LogP) is 2.00. The first-order chi connectivity index (χ1) is 15.1. The maximum absolute atomic E-state index is 12.6. The van der Waals surface area contributed by atoms with Crippen LogP contribution in [0.2, 0.25) is 0 Å². The van der Waals surface area contributed by atoms with Crippen molar-refractivity contribution in [3.8, 4) is 0 Å². The van der Waals surface area contributed by atoms with E-state index in [2.05, 4.69) is 10.2 Å². The molecule has 0 aliphatic carbocycles. The predicted molar refractivity (Wildman–Crippen MR) is 124 cm³/mol. The summed E-state index contributed by atoms with van der Waals surface area (Å²) in [5, 5.41) is 2.99. The number of benzene rings is 1. The summed E-state index contributed by atoms with van der Waals surface area (Å²) in [6.45, 7) is 7.33. The van der Waals surface area contributed by atoms with Gasteiger partial charge in [0.2, 0.25) is 5.91 Å². The Labute approximate surface area is 187 Å². The summed E-state index contributed by atoms with van der Waals surface area (Å²) in [6, 6.07) is 3.59. The van der Waals surface area contributed by atoms with Gasteiger partial charge >= 0.3 is 17.1 Å². The Kier molecular flexibility index (Phi) is 7.06. The zero-order chi connectivity index (χ0) is 23.6. The number of nitrogens with zero attached hydrogens (tertiary/aromatic N) is 3. The minimum Gasteiger partial charge on any atom is -0.466 e. The van der Waals surface area contributed by atoms with Crippen LogP contribution in [0.5, 0.6) is 0 Å². The molecule has 32 heavy (non-hydrogen) atoms. The van der Waals surface area contributed by atoms with Crippen LogP contribution in [0.25, 0.3) is 11.0 Å². The molecule has 0 unspecified atom stereocenters. The third-order valence-corrected chi connectivity index (χ3v) is 5.93. The lowest BCUT2D eigenvalue weighted by molar-refractivity contribution is -0.148. The van der Waals surface area contributed by atoms with Gasteiger partial charge in [-0.25, -0.2) is 0 Å². The van der Waals surface area contributed by atoms with E-state index in [4.69, 9.17) is 4.74 Å². The van der Waals surface area contributed by atoms with Crippen LogP contribution in [0.1, 0.15) is 40.0 Å². The lowest BCUT2D eigenvalue weighted by Gasteiger charge is -2.34. The van der Waals surface area contributed by atoms with E-state index in [-0.39, 0.29) is 23.7 Å². The molecule has 1 aromatic carbocycles. The van der Waals surface area contributed by atoms with Crippen LogP contribution in [0.4, 0.5) is 11.4 Å². The van der Waals surface area contributed by atoms with Gasteiger partial charge in [-0.15, -0.1) is 0 Å². The quantitative estimate of drug-likeness (QED) is 0.540. The van der Waals surface area contributed by atoms with E-state index in [1.54, 1.807) is 27.1 Å². The van der Waals surface area contributed by atoms with Crippen molar-refractivity contribution in [2.75, 3.05) is 29.9 Å². The minimum atomic E-state index is -0.623. The highest BCUT2D eigenvalue weighted by Crippen LogP contribution is 2.34. The monoisotopic (exact) mass is 444 g/mol. The molecule has 9 nitrogen and oxygen atoms in total. The molecule has 2 heterocycles. The average Bonchev–Trinajstić information content (AvgIpc) is 2.75. The summed E-state index contributed by atoms with van der Waals surface area (Å²) in [6.07, 6.45) is 1.65. The number of ether oxygens (including phenoxy) is 1. The lowest BCUT2D eigenvalue weighted by Crippen LogP contribution is -2.40. The second kappa shape index (κ2) is 9.58. The maximum atomic E-state index is 12.6. The van der Waals surface area contributed by atoms with Gasteiger partial charge in [-0.05, 0) is 37.8 Å². The third kappa shape index (κ3) is 4.71. The fraction of sp³-hybridized carbons (Fsp3) is 0.565. The Balaban J connectivity index is 2.04. The first-order valence-corrected chi connectivity index (χ1v) is 11.1. The van der Waals surface area contributed by atoms with Crippen molar-refractivity contribution in [3.05, 3.63) is 32.8 Å². The topological polar surface area (TPSA) is 103 Å². The minimum absolute atomic E-state index is 0.114. The summed E-state index contributed by atoms with van der Waals surface area (Å²) >= 11 is 0. The second-order valence-electron chi connectivity index (χ2n) is 8.75. The van der Waals surface area contributed by atoms with E-state index >= 15 is 0 Å². The molecule has 0 saturated carbocycles. The lowest BCUT2D eigenvalue weighted by atomic mass is 9.96. The molecule has 1 fully saturated rings. The first kappa shape index (κ1) is 23.6. The molecule has 1 amide bonds. The van der Waals surface area contributed by atoms with Gasteiger partial charge < -0.3 is 24.1 Å². The zero-order valence-corrected chi connectivity index (χ0v) is 19.4. The van der Waals surface area contributed by atoms with Gasteiger partial charge in [-0.1, -0.05) is 13.8 Å². The standard InChI is InChI=1S/C23H32N4O5/c1-6-32-23(31)15-7-9-27(10-8-15)17-13-19-18(25(4)21(29)22(30)26(19)5)12-16(17)24-20(28)11-14(2)3/h12-15H,6-11H2,1-5H3,(H,24,28). The van der Waals surface area contributed by atoms with Gasteiger partial charge in [0.25, 0.3) is 0 Å². The number of hydrogen-bond donors (Lipinski definition) is 1. The number of aryl methyl sites for hydroxylation is 2. The van der Waals surface area contributed by atoms with E-state index < -0.39 is 11.1 Å². The van der Waals surface area contributed by atoms with Crippen molar-refractivity contribution in [1.82, 2.24) is 9.13 Å². The van der Waals surface area contributed by atoms with Crippen LogP contribution >= 0.6 is 0 Å². The molecule has 3 rings (SSSR count). The highest BCUT2D eigenvalue weighted by atomic mass is 16.5. The molecule has 1 aliphatic rings. The van der Waals surface area contributed by atoms with Crippen LogP contribution < -0.4 is 21.3 Å². The normalized spacial score (nSPS) is 14.8. The molecule has 0 bridgehead atoms. The number of carbonyl (C=O) groups is 2. The Morgan fingerprint density at radius 2 is 1.62 bits per heavy atom. The van der Waals surface area contributed by atoms with E-state index in [9.17, 15) is 19.2 Å². The van der Waals surface area contributed by atoms with Crippen LogP contribution in [0, 0.1) is 11.8 Å². The molecule has 1 saturated heterocycles. The largest absolute Gasteiger partial charge is 0.466 e. The Hall–Kier alpha value is -3.10. The van der Waals surface area contributed by atoms with E-state index in [1.165, 1.54) is 9.13 Å². The highest BCUT2D eigenvalue weighted by molar-refractivity contribution is 5.98. The average molecular weight is 445 g/mol. The number of esters is 1. The number of aromatic nitrogens is 2. The number of piperidine rings is 1. The summed E-state index contributed by atoms with van der Waals surface area (Å²) in [7, 11) is 3.12. The molecule has 174 valence electrons. The highest BCUT2D eigenvalue weighted by Gasteiger charge is 2.28. The van der Waals surface area contributed by atoms with Crippen molar-refractivity contribution in [2.24, 2.45) is 25.9 Å². The summed E-state index contributed by atoms with van der Waals surface area (Å²) < 4.78 is 7.81. The van der Waals surface area contributed by atoms with Crippen molar-refractivity contribution < 1.29 is 14.3 Å². The van der Waals surface area contributed by atoms with Crippen molar-refractivity contribution in [3.63, 3.8) is 0 Å². The molecule has 9 heteroatoms. The van der Waals surface area contributed by atoms with Gasteiger partial charge in [0, 0.05) is 33.6 Å². The van der Waals surface area contributed by atoms with Crippen molar-refractivity contribution in [1.29, 1.82) is 0 Å². The van der Waals surface area contributed by atoms with E-state index in [0.717, 1.165) is 5.69 Å². The van der Waals surface area contributed by atoms with Crippen LogP contribution in [-0.4, -0.2) is 40.7 Å². The van der Waals surface area contributed by atoms with Gasteiger partial charge in [-0.2, -0.15) is 0 Å². The summed E-state index contributed by atoms with van der Waals surface area (Å²) in [5.74, 6) is -0.231. The molecule has 0 radical (unpaired) electrons. The van der Waals surface area contributed by atoms with Crippen molar-refractivity contribution in [2.45, 2.75) is 40.0 Å². The maximum Gasteiger partial charge on any atom is 0.316 e. The number of amides is 1. The van der Waals surface area contributed by atoms with Gasteiger partial charge in [0.15, 0.2) is 0 Å². The fourth-order valence-electron chi connectivity index (χ4n) is 4.16. The number of rotatable bonds is 6. The van der Waals surface area contributed by atoms with Crippen LogP contribution in [0.3, 0.4) is 0 Å². The Bertz CT molecular complexity index is 1140. The summed E-state index contributed by atoms with van der Waals surface area (Å²) in [4.78, 5) is 51.4. The number of nitrogens with one attached hydrogen (secondary N) is 1. The van der Waals surface area contributed by atoms with E-state index in [1.807, 2.05) is 19.9 Å². The van der Waals surface area contributed by atoms with E-state index in [0.29, 0.717) is 55.7 Å². The molecule has 0 spiro atoms. The number of hydrogen-bond acceptors (Lipinski definition) is 6. The molecule has 1 aromatic heterocycles. The molecule has 2 aromatic rings. The number of fused-ring (bicyclic) bond motifs is 1. The molecule has 1 aliphatic heterocycles. The fourth-order valence-corrected chi connectivity index (χ4v) is 4.16. The van der Waals surface area contributed by atoms with Crippen molar-refractivity contribution >= 4 is 34.3 Å². The number of anilines is 2. The first-order valence-electron chi connectivity index (χ1n) is 11.1. The zero-order valence-electron chi connectivity index (χ0n) is 19.4. The smallest absolute Gasteiger partial charge is 0.316 e. The Morgan fingerprint density at radius 3 is 2.16 bits per heavy atom. The van der Waals surface area contributed by atoms with Gasteiger partial charge in [0.05, 0.1) is 34.9 Å². The van der Waals surface area contributed by atoms with Gasteiger partial charge in [-0.3, -0.25) is 19.2 Å². The van der Waals surface area contributed by atoms with Gasteiger partial charge in [0.1, 0.15) is 0 Å². The molecule has 0 atom stereocenters. The Morgan fingerprint density at radius 1 is 1.06 bits per heavy atom. The SMILES string of the molecule is CCOC(=O)C1CCN(c2cc3c(cc2NC(=O)CC(C)C)n(C)c(=O)c(=O)n3C)CC1. The van der Waals surface area contributed by atoms with Crippen LogP contribution in [0.15, 0.2) is 21.7 Å².